The van der Waals surface area contributed by atoms with Gasteiger partial charge in [-0.05, 0) is 56.3 Å². The third-order valence-corrected chi connectivity index (χ3v) is 6.33. The summed E-state index contributed by atoms with van der Waals surface area (Å²) in [4.78, 5) is 0.403. The minimum absolute atomic E-state index is 0. The summed E-state index contributed by atoms with van der Waals surface area (Å²) in [6, 6.07) is 5.39. The van der Waals surface area contributed by atoms with Gasteiger partial charge < -0.3 is 5.73 Å². The maximum absolute atomic E-state index is 12.8. The molecule has 1 fully saturated rings. The minimum Gasteiger partial charge on any atom is -0.330 e. The highest BCUT2D eigenvalue weighted by Gasteiger charge is 2.30. The van der Waals surface area contributed by atoms with Crippen molar-refractivity contribution in [3.63, 3.8) is 0 Å². The highest BCUT2D eigenvalue weighted by molar-refractivity contribution is 9.10. The van der Waals surface area contributed by atoms with E-state index in [1.807, 2.05) is 19.1 Å². The second kappa shape index (κ2) is 7.92. The number of hydrogen-bond acceptors (Lipinski definition) is 3. The van der Waals surface area contributed by atoms with E-state index in [1.165, 1.54) is 0 Å². The van der Waals surface area contributed by atoms with Gasteiger partial charge in [0.2, 0.25) is 10.0 Å². The van der Waals surface area contributed by atoms with Crippen LogP contribution in [0.2, 0.25) is 0 Å². The Morgan fingerprint density at radius 2 is 2.14 bits per heavy atom. The molecule has 2 N–H and O–H groups in total. The zero-order valence-corrected chi connectivity index (χ0v) is 15.3. The lowest BCUT2D eigenvalue weighted by Gasteiger charge is -2.32. The number of sulfonamides is 1. The molecule has 120 valence electrons. The summed E-state index contributed by atoms with van der Waals surface area (Å²) in [7, 11) is -3.40. The van der Waals surface area contributed by atoms with Crippen LogP contribution >= 0.6 is 28.3 Å². The molecule has 0 saturated carbocycles. The SMILES string of the molecule is Cc1ccc(Br)cc1S(=O)(=O)N1CCCC(CCN)C1.Cl. The summed E-state index contributed by atoms with van der Waals surface area (Å²) in [5.41, 5.74) is 6.38. The van der Waals surface area contributed by atoms with Gasteiger partial charge in [0.05, 0.1) is 4.90 Å². The van der Waals surface area contributed by atoms with Crippen molar-refractivity contribution >= 4 is 38.4 Å². The Morgan fingerprint density at radius 3 is 2.81 bits per heavy atom. The first-order chi connectivity index (χ1) is 9.45. The molecule has 0 amide bonds. The number of halogens is 2. The summed E-state index contributed by atoms with van der Waals surface area (Å²) in [5, 5.41) is 0. The van der Waals surface area contributed by atoms with Gasteiger partial charge in [0.1, 0.15) is 0 Å². The van der Waals surface area contributed by atoms with E-state index in [-0.39, 0.29) is 12.4 Å². The molecule has 1 aliphatic heterocycles. The number of rotatable bonds is 4. The summed E-state index contributed by atoms with van der Waals surface area (Å²) in [6.45, 7) is 3.65. The Balaban J connectivity index is 0.00000220. The molecule has 1 saturated heterocycles. The summed E-state index contributed by atoms with van der Waals surface area (Å²) in [5.74, 6) is 0.385. The van der Waals surface area contributed by atoms with Crippen LogP contribution < -0.4 is 5.73 Å². The van der Waals surface area contributed by atoms with Crippen molar-refractivity contribution in [1.82, 2.24) is 4.31 Å². The molecule has 1 heterocycles. The first-order valence-electron chi connectivity index (χ1n) is 6.91. The first kappa shape index (κ1) is 18.9. The van der Waals surface area contributed by atoms with Gasteiger partial charge in [0.15, 0.2) is 0 Å². The number of piperidine rings is 1. The predicted molar refractivity (Wildman–Crippen MR) is 91.3 cm³/mol. The van der Waals surface area contributed by atoms with E-state index in [2.05, 4.69) is 15.9 Å². The monoisotopic (exact) mass is 396 g/mol. The molecule has 1 atom stereocenters. The average molecular weight is 398 g/mol. The Kier molecular flexibility index (Phi) is 7.13. The van der Waals surface area contributed by atoms with Crippen LogP contribution in [-0.4, -0.2) is 32.4 Å². The van der Waals surface area contributed by atoms with Crippen molar-refractivity contribution in [2.24, 2.45) is 11.7 Å². The molecule has 0 bridgehead atoms. The lowest BCUT2D eigenvalue weighted by molar-refractivity contribution is 0.258. The van der Waals surface area contributed by atoms with Gasteiger partial charge >= 0.3 is 0 Å². The van der Waals surface area contributed by atoms with Crippen molar-refractivity contribution in [2.45, 2.75) is 31.1 Å². The van der Waals surface area contributed by atoms with Gasteiger partial charge in [-0.1, -0.05) is 22.0 Å². The van der Waals surface area contributed by atoms with E-state index in [0.717, 1.165) is 29.3 Å². The van der Waals surface area contributed by atoms with Crippen LogP contribution in [0.1, 0.15) is 24.8 Å². The lowest BCUT2D eigenvalue weighted by atomic mass is 9.96. The van der Waals surface area contributed by atoms with Gasteiger partial charge in [-0.3, -0.25) is 0 Å². The van der Waals surface area contributed by atoms with Gasteiger partial charge in [-0.25, -0.2) is 8.42 Å². The zero-order chi connectivity index (χ0) is 14.8. The largest absolute Gasteiger partial charge is 0.330 e. The first-order valence-corrected chi connectivity index (χ1v) is 9.15. The Hall–Kier alpha value is -0.140. The fraction of sp³-hybridized carbons (Fsp3) is 0.571. The van der Waals surface area contributed by atoms with E-state index >= 15 is 0 Å². The third-order valence-electron chi connectivity index (χ3n) is 3.82. The average Bonchev–Trinajstić information content (AvgIpc) is 2.42. The maximum atomic E-state index is 12.8. The molecular formula is C14H22BrClN2O2S. The summed E-state index contributed by atoms with van der Waals surface area (Å²) < 4.78 is 28.0. The Labute approximate surface area is 141 Å². The molecule has 4 nitrogen and oxygen atoms in total. The number of nitrogens with two attached hydrogens (primary N) is 1. The number of aryl methyl sites for hydroxylation is 1. The third kappa shape index (κ3) is 4.42. The second-order valence-corrected chi connectivity index (χ2v) is 8.18. The highest BCUT2D eigenvalue weighted by Crippen LogP contribution is 2.28. The molecule has 0 radical (unpaired) electrons. The van der Waals surface area contributed by atoms with E-state index < -0.39 is 10.0 Å². The molecular weight excluding hydrogens is 376 g/mol. The summed E-state index contributed by atoms with van der Waals surface area (Å²) in [6.07, 6.45) is 2.88. The minimum atomic E-state index is -3.40. The molecule has 1 unspecified atom stereocenters. The van der Waals surface area contributed by atoms with Crippen LogP contribution in [0.3, 0.4) is 0 Å². The van der Waals surface area contributed by atoms with Gasteiger partial charge in [-0.2, -0.15) is 4.31 Å². The molecule has 1 aromatic carbocycles. The molecule has 0 aliphatic carbocycles. The maximum Gasteiger partial charge on any atom is 0.243 e. The number of hydrogen-bond donors (Lipinski definition) is 1. The highest BCUT2D eigenvalue weighted by atomic mass is 79.9. The van der Waals surface area contributed by atoms with Crippen LogP contribution in [0.25, 0.3) is 0 Å². The fourth-order valence-electron chi connectivity index (χ4n) is 2.71. The molecule has 0 spiro atoms. The van der Waals surface area contributed by atoms with Crippen LogP contribution in [0.4, 0.5) is 0 Å². The van der Waals surface area contributed by atoms with Crippen LogP contribution in [0.5, 0.6) is 0 Å². The molecule has 2 rings (SSSR count). The van der Waals surface area contributed by atoms with Gasteiger partial charge in [0, 0.05) is 17.6 Å². The van der Waals surface area contributed by atoms with Gasteiger partial charge in [-0.15, -0.1) is 12.4 Å². The van der Waals surface area contributed by atoms with Crippen LogP contribution in [0.15, 0.2) is 27.6 Å². The zero-order valence-electron chi connectivity index (χ0n) is 12.1. The van der Waals surface area contributed by atoms with E-state index in [0.29, 0.717) is 30.4 Å². The molecule has 7 heteroatoms. The number of nitrogens with zero attached hydrogens (tertiary/aromatic N) is 1. The Morgan fingerprint density at radius 1 is 1.43 bits per heavy atom. The standard InChI is InChI=1S/C14H21BrN2O2S.ClH/c1-11-4-5-13(15)9-14(11)20(18,19)17-8-2-3-12(10-17)6-7-16;/h4-5,9,12H,2-3,6-8,10,16H2,1H3;1H. The predicted octanol–water partition coefficient (Wildman–Crippen LogP) is 2.93. The fourth-order valence-corrected chi connectivity index (χ4v) is 5.03. The van der Waals surface area contributed by atoms with Crippen molar-refractivity contribution in [2.75, 3.05) is 19.6 Å². The van der Waals surface area contributed by atoms with Crippen LogP contribution in [0, 0.1) is 12.8 Å². The van der Waals surface area contributed by atoms with Gasteiger partial charge in [0.25, 0.3) is 0 Å². The van der Waals surface area contributed by atoms with E-state index in [1.54, 1.807) is 10.4 Å². The van der Waals surface area contributed by atoms with E-state index in [4.69, 9.17) is 5.73 Å². The smallest absolute Gasteiger partial charge is 0.243 e. The molecule has 1 aliphatic rings. The van der Waals surface area contributed by atoms with Crippen molar-refractivity contribution in [3.8, 4) is 0 Å². The topological polar surface area (TPSA) is 63.4 Å². The normalized spacial score (nSPS) is 20.0. The van der Waals surface area contributed by atoms with Crippen LogP contribution in [-0.2, 0) is 10.0 Å². The lowest BCUT2D eigenvalue weighted by Crippen LogP contribution is -2.40. The summed E-state index contributed by atoms with van der Waals surface area (Å²) >= 11 is 3.35. The van der Waals surface area contributed by atoms with Crippen molar-refractivity contribution in [1.29, 1.82) is 0 Å². The van der Waals surface area contributed by atoms with E-state index in [9.17, 15) is 8.42 Å². The quantitative estimate of drug-likeness (QED) is 0.849. The molecule has 1 aromatic rings. The van der Waals surface area contributed by atoms with Crippen molar-refractivity contribution < 1.29 is 8.42 Å². The molecule has 0 aromatic heterocycles. The Bertz CT molecular complexity index is 578. The molecule has 21 heavy (non-hydrogen) atoms. The second-order valence-electron chi connectivity index (χ2n) is 5.36. The number of benzene rings is 1. The van der Waals surface area contributed by atoms with Crippen molar-refractivity contribution in [3.05, 3.63) is 28.2 Å².